The number of rotatable bonds is 1. The Morgan fingerprint density at radius 3 is 2.24 bits per heavy atom. The normalized spacial score (nSPS) is 11.3. The molecule has 2 N–H and O–H groups in total. The molecule has 0 fully saturated rings. The van der Waals surface area contributed by atoms with Gasteiger partial charge in [-0.05, 0) is 66.4 Å². The largest absolute Gasteiger partial charge is 0.383 e. The van der Waals surface area contributed by atoms with Gasteiger partial charge in [0.15, 0.2) is 0 Å². The van der Waals surface area contributed by atoms with Crippen molar-refractivity contribution in [3.05, 3.63) is 51.1 Å². The van der Waals surface area contributed by atoms with Crippen molar-refractivity contribution in [1.29, 1.82) is 0 Å². The second kappa shape index (κ2) is 4.88. The number of benzene rings is 1. The molecule has 0 aliphatic carbocycles. The fourth-order valence-corrected chi connectivity index (χ4v) is 3.57. The number of hydrogen-bond acceptors (Lipinski definition) is 2. The molecular formula is C17H18BrN3. The van der Waals surface area contributed by atoms with E-state index in [2.05, 4.69) is 54.9 Å². The Hall–Kier alpha value is -1.81. The van der Waals surface area contributed by atoms with E-state index in [1.807, 2.05) is 17.5 Å². The van der Waals surface area contributed by atoms with Gasteiger partial charge in [0, 0.05) is 16.2 Å². The first-order chi connectivity index (χ1) is 9.88. The summed E-state index contributed by atoms with van der Waals surface area (Å²) in [5.74, 6) is 0.685. The topological polar surface area (TPSA) is 43.3 Å². The number of aryl methyl sites for hydroxylation is 4. The SMILES string of the molecule is Cc1cc(C)c(-c2nc3c(C)cc(Br)cn3c2N)c(C)c1. The molecule has 0 saturated carbocycles. The quantitative estimate of drug-likeness (QED) is 0.702. The first-order valence-corrected chi connectivity index (χ1v) is 7.69. The van der Waals surface area contributed by atoms with Gasteiger partial charge in [-0.3, -0.25) is 4.40 Å². The number of nitrogens with zero attached hydrogens (tertiary/aromatic N) is 2. The number of pyridine rings is 1. The second-order valence-corrected chi connectivity index (χ2v) is 6.57. The Morgan fingerprint density at radius 1 is 1.00 bits per heavy atom. The van der Waals surface area contributed by atoms with Gasteiger partial charge >= 0.3 is 0 Å². The molecule has 4 heteroatoms. The number of fused-ring (bicyclic) bond motifs is 1. The van der Waals surface area contributed by atoms with Gasteiger partial charge in [0.1, 0.15) is 17.2 Å². The van der Waals surface area contributed by atoms with Crippen LogP contribution in [-0.2, 0) is 0 Å². The summed E-state index contributed by atoms with van der Waals surface area (Å²) in [6.45, 7) is 8.38. The molecule has 0 saturated heterocycles. The van der Waals surface area contributed by atoms with Crippen molar-refractivity contribution >= 4 is 27.4 Å². The van der Waals surface area contributed by atoms with Crippen molar-refractivity contribution in [2.24, 2.45) is 0 Å². The summed E-state index contributed by atoms with van der Waals surface area (Å²) < 4.78 is 2.95. The minimum atomic E-state index is 0.685. The molecule has 1 aromatic carbocycles. The van der Waals surface area contributed by atoms with Crippen molar-refractivity contribution in [3.8, 4) is 11.3 Å². The predicted molar refractivity (Wildman–Crippen MR) is 91.7 cm³/mol. The van der Waals surface area contributed by atoms with Crippen LogP contribution in [0, 0.1) is 27.7 Å². The van der Waals surface area contributed by atoms with E-state index in [9.17, 15) is 0 Å². The minimum absolute atomic E-state index is 0.685. The fraction of sp³-hybridized carbons (Fsp3) is 0.235. The lowest BCUT2D eigenvalue weighted by Crippen LogP contribution is -1.97. The van der Waals surface area contributed by atoms with Crippen molar-refractivity contribution in [3.63, 3.8) is 0 Å². The maximum absolute atomic E-state index is 6.36. The molecule has 3 nitrogen and oxygen atoms in total. The molecule has 0 unspecified atom stereocenters. The highest BCUT2D eigenvalue weighted by atomic mass is 79.9. The Balaban J connectivity index is 2.37. The molecule has 0 aliphatic rings. The molecule has 0 amide bonds. The molecule has 2 aromatic heterocycles. The Kier molecular flexibility index (Phi) is 3.29. The summed E-state index contributed by atoms with van der Waals surface area (Å²) >= 11 is 3.52. The number of halogens is 1. The highest BCUT2D eigenvalue weighted by Gasteiger charge is 2.17. The standard InChI is InChI=1S/C17H18BrN3/c1-9-5-10(2)14(11(3)6-9)15-16(19)21-8-13(18)7-12(4)17(21)20-15/h5-8H,19H2,1-4H3. The molecule has 21 heavy (non-hydrogen) atoms. The number of imidazole rings is 1. The molecule has 0 bridgehead atoms. The van der Waals surface area contributed by atoms with Crippen LogP contribution in [0.1, 0.15) is 22.3 Å². The molecule has 2 heterocycles. The number of anilines is 1. The van der Waals surface area contributed by atoms with Crippen LogP contribution in [0.25, 0.3) is 16.9 Å². The van der Waals surface area contributed by atoms with E-state index in [1.54, 1.807) is 0 Å². The molecule has 3 rings (SSSR count). The summed E-state index contributed by atoms with van der Waals surface area (Å²) in [6.07, 6.45) is 1.97. The van der Waals surface area contributed by atoms with E-state index in [4.69, 9.17) is 10.7 Å². The van der Waals surface area contributed by atoms with Crippen LogP contribution in [0.3, 0.4) is 0 Å². The van der Waals surface area contributed by atoms with Crippen LogP contribution >= 0.6 is 15.9 Å². The van der Waals surface area contributed by atoms with Crippen molar-refractivity contribution in [2.45, 2.75) is 27.7 Å². The van der Waals surface area contributed by atoms with Crippen LogP contribution in [-0.4, -0.2) is 9.38 Å². The van der Waals surface area contributed by atoms with Gasteiger partial charge in [-0.15, -0.1) is 0 Å². The number of nitrogen functional groups attached to an aromatic ring is 1. The highest BCUT2D eigenvalue weighted by molar-refractivity contribution is 9.10. The van der Waals surface area contributed by atoms with Crippen molar-refractivity contribution < 1.29 is 0 Å². The molecule has 0 aliphatic heterocycles. The van der Waals surface area contributed by atoms with E-state index in [-0.39, 0.29) is 0 Å². The van der Waals surface area contributed by atoms with Crippen LogP contribution < -0.4 is 5.73 Å². The van der Waals surface area contributed by atoms with Crippen LogP contribution in [0.4, 0.5) is 5.82 Å². The summed E-state index contributed by atoms with van der Waals surface area (Å²) in [5.41, 5.74) is 14.1. The first-order valence-electron chi connectivity index (χ1n) is 6.90. The Morgan fingerprint density at radius 2 is 1.62 bits per heavy atom. The number of nitrogens with two attached hydrogens (primary N) is 1. The van der Waals surface area contributed by atoms with Crippen LogP contribution in [0.5, 0.6) is 0 Å². The molecule has 0 atom stereocenters. The van der Waals surface area contributed by atoms with Gasteiger partial charge in [-0.2, -0.15) is 0 Å². The van der Waals surface area contributed by atoms with E-state index in [0.717, 1.165) is 26.9 Å². The Labute approximate surface area is 132 Å². The maximum atomic E-state index is 6.36. The predicted octanol–water partition coefficient (Wildman–Crippen LogP) is 4.58. The maximum Gasteiger partial charge on any atom is 0.142 e. The number of hydrogen-bond donors (Lipinski definition) is 1. The van der Waals surface area contributed by atoms with Crippen molar-refractivity contribution in [2.75, 3.05) is 5.73 Å². The lowest BCUT2D eigenvalue weighted by Gasteiger charge is -2.09. The molecular weight excluding hydrogens is 326 g/mol. The zero-order valence-electron chi connectivity index (χ0n) is 12.7. The third-order valence-electron chi connectivity index (χ3n) is 3.82. The van der Waals surface area contributed by atoms with Gasteiger partial charge in [-0.1, -0.05) is 17.7 Å². The van der Waals surface area contributed by atoms with E-state index < -0.39 is 0 Å². The highest BCUT2D eigenvalue weighted by Crippen LogP contribution is 2.33. The van der Waals surface area contributed by atoms with Gasteiger partial charge in [0.2, 0.25) is 0 Å². The average molecular weight is 344 g/mol. The zero-order valence-corrected chi connectivity index (χ0v) is 14.2. The minimum Gasteiger partial charge on any atom is -0.383 e. The molecule has 108 valence electrons. The molecule has 3 aromatic rings. The smallest absolute Gasteiger partial charge is 0.142 e. The third kappa shape index (κ3) is 2.23. The van der Waals surface area contributed by atoms with E-state index in [0.29, 0.717) is 5.82 Å². The van der Waals surface area contributed by atoms with Gasteiger partial charge in [0.05, 0.1) is 0 Å². The lowest BCUT2D eigenvalue weighted by molar-refractivity contribution is 1.16. The van der Waals surface area contributed by atoms with Crippen molar-refractivity contribution in [1.82, 2.24) is 9.38 Å². The molecule has 0 spiro atoms. The fourth-order valence-electron chi connectivity index (χ4n) is 3.02. The van der Waals surface area contributed by atoms with Gasteiger partial charge < -0.3 is 5.73 Å². The molecule has 0 radical (unpaired) electrons. The summed E-state index contributed by atoms with van der Waals surface area (Å²) in [7, 11) is 0. The average Bonchev–Trinajstić information content (AvgIpc) is 2.67. The van der Waals surface area contributed by atoms with E-state index in [1.165, 1.54) is 16.7 Å². The van der Waals surface area contributed by atoms with Gasteiger partial charge in [0.25, 0.3) is 0 Å². The Bertz CT molecular complexity index is 839. The lowest BCUT2D eigenvalue weighted by atomic mass is 9.97. The number of aromatic nitrogens is 2. The second-order valence-electron chi connectivity index (χ2n) is 5.65. The third-order valence-corrected chi connectivity index (χ3v) is 4.26. The summed E-state index contributed by atoms with van der Waals surface area (Å²) in [5, 5.41) is 0. The monoisotopic (exact) mass is 343 g/mol. The van der Waals surface area contributed by atoms with Gasteiger partial charge in [-0.25, -0.2) is 4.98 Å². The first kappa shape index (κ1) is 14.1. The van der Waals surface area contributed by atoms with Crippen LogP contribution in [0.15, 0.2) is 28.9 Å². The summed E-state index contributed by atoms with van der Waals surface area (Å²) in [6, 6.07) is 6.41. The van der Waals surface area contributed by atoms with E-state index >= 15 is 0 Å². The zero-order chi connectivity index (χ0) is 15.3. The van der Waals surface area contributed by atoms with Crippen LogP contribution in [0.2, 0.25) is 0 Å². The summed E-state index contributed by atoms with van der Waals surface area (Å²) in [4.78, 5) is 4.79.